The normalized spacial score (nSPS) is 14.9. The predicted molar refractivity (Wildman–Crippen MR) is 110 cm³/mol. The van der Waals surface area contributed by atoms with Gasteiger partial charge in [0.05, 0.1) is 17.1 Å². The van der Waals surface area contributed by atoms with Gasteiger partial charge in [0.1, 0.15) is 12.3 Å². The zero-order valence-electron chi connectivity index (χ0n) is 15.4. The molecule has 0 aliphatic carbocycles. The fourth-order valence-corrected chi connectivity index (χ4v) is 4.58. The first-order valence-corrected chi connectivity index (χ1v) is 10.4. The third-order valence-corrected chi connectivity index (χ3v) is 6.41. The van der Waals surface area contributed by atoms with Crippen molar-refractivity contribution in [1.29, 1.82) is 0 Å². The van der Waals surface area contributed by atoms with E-state index in [0.29, 0.717) is 18.0 Å². The van der Waals surface area contributed by atoms with Crippen molar-refractivity contribution in [2.24, 2.45) is 5.16 Å². The highest BCUT2D eigenvalue weighted by Gasteiger charge is 2.34. The Labute approximate surface area is 164 Å². The number of hydrogen-bond acceptors (Lipinski definition) is 4. The molecule has 0 bridgehead atoms. The second-order valence-corrected chi connectivity index (χ2v) is 8.50. The van der Waals surface area contributed by atoms with Gasteiger partial charge in [-0.2, -0.15) is 0 Å². The van der Waals surface area contributed by atoms with Crippen LogP contribution in [0.3, 0.4) is 0 Å². The second kappa shape index (κ2) is 7.48. The maximum Gasteiger partial charge on any atom is 0.264 e. The summed E-state index contributed by atoms with van der Waals surface area (Å²) >= 11 is 0. The number of anilines is 1. The number of rotatable bonds is 5. The summed E-state index contributed by atoms with van der Waals surface area (Å²) in [5.41, 5.74) is 4.00. The van der Waals surface area contributed by atoms with Crippen LogP contribution >= 0.6 is 0 Å². The summed E-state index contributed by atoms with van der Waals surface area (Å²) in [5.74, 6) is 0. The maximum absolute atomic E-state index is 13.2. The van der Waals surface area contributed by atoms with Gasteiger partial charge in [-0.25, -0.2) is 8.42 Å². The molecule has 3 aromatic rings. The Morgan fingerprint density at radius 1 is 0.929 bits per heavy atom. The molecule has 0 amide bonds. The van der Waals surface area contributed by atoms with Crippen LogP contribution in [0.25, 0.3) is 0 Å². The molecule has 5 nitrogen and oxygen atoms in total. The lowest BCUT2D eigenvalue weighted by molar-refractivity contribution is 0.130. The first-order chi connectivity index (χ1) is 13.6. The molecule has 0 atom stereocenters. The molecule has 3 aromatic carbocycles. The highest BCUT2D eigenvalue weighted by Crippen LogP contribution is 2.33. The Morgan fingerprint density at radius 3 is 2.36 bits per heavy atom. The van der Waals surface area contributed by atoms with Gasteiger partial charge >= 0.3 is 0 Å². The first-order valence-electron chi connectivity index (χ1n) is 8.97. The van der Waals surface area contributed by atoms with Gasteiger partial charge in [0.15, 0.2) is 0 Å². The summed E-state index contributed by atoms with van der Waals surface area (Å²) in [5, 5.41) is 4.24. The van der Waals surface area contributed by atoms with Crippen LogP contribution in [0.4, 0.5) is 5.69 Å². The van der Waals surface area contributed by atoms with Crippen LogP contribution in [0.15, 0.2) is 88.9 Å². The van der Waals surface area contributed by atoms with Crippen LogP contribution in [0.2, 0.25) is 0 Å². The second-order valence-electron chi connectivity index (χ2n) is 6.64. The Bertz CT molecular complexity index is 1110. The molecule has 28 heavy (non-hydrogen) atoms. The van der Waals surface area contributed by atoms with Gasteiger partial charge < -0.3 is 4.84 Å². The van der Waals surface area contributed by atoms with Crippen molar-refractivity contribution in [3.05, 3.63) is 95.6 Å². The molecule has 0 unspecified atom stereocenters. The summed E-state index contributed by atoms with van der Waals surface area (Å²) in [6.45, 7) is 2.40. The molecule has 0 aromatic heterocycles. The van der Waals surface area contributed by atoms with E-state index in [4.69, 9.17) is 4.84 Å². The average Bonchev–Trinajstić information content (AvgIpc) is 3.09. The summed E-state index contributed by atoms with van der Waals surface area (Å²) in [6, 6.07) is 23.9. The molecule has 0 N–H and O–H groups in total. The van der Waals surface area contributed by atoms with Crippen molar-refractivity contribution >= 4 is 21.4 Å². The van der Waals surface area contributed by atoms with Crippen LogP contribution in [0.5, 0.6) is 0 Å². The summed E-state index contributed by atoms with van der Waals surface area (Å²) < 4.78 is 27.7. The monoisotopic (exact) mass is 392 g/mol. The molecule has 6 heteroatoms. The number of para-hydroxylation sites is 1. The SMILES string of the molecule is Cc1ccc(S(=O)(=O)N2C/C(=N\OCc3ccccc3)c3ccccc32)cc1. The van der Waals surface area contributed by atoms with Crippen molar-refractivity contribution in [2.75, 3.05) is 10.8 Å². The molecule has 0 saturated carbocycles. The maximum atomic E-state index is 13.2. The van der Waals surface area contributed by atoms with Gasteiger partial charge in [0, 0.05) is 5.56 Å². The number of nitrogens with zero attached hydrogens (tertiary/aromatic N) is 2. The van der Waals surface area contributed by atoms with E-state index in [0.717, 1.165) is 16.7 Å². The molecule has 1 aliphatic heterocycles. The molecule has 0 fully saturated rings. The van der Waals surface area contributed by atoms with Gasteiger partial charge in [-0.05, 0) is 30.7 Å². The van der Waals surface area contributed by atoms with Gasteiger partial charge in [0.25, 0.3) is 10.0 Å². The number of sulfonamides is 1. The van der Waals surface area contributed by atoms with E-state index in [1.165, 1.54) is 4.31 Å². The third kappa shape index (κ3) is 3.51. The van der Waals surface area contributed by atoms with Crippen molar-refractivity contribution < 1.29 is 13.3 Å². The molecule has 1 aliphatic rings. The lowest BCUT2D eigenvalue weighted by Gasteiger charge is -2.19. The highest BCUT2D eigenvalue weighted by molar-refractivity contribution is 7.93. The smallest absolute Gasteiger partial charge is 0.264 e. The molecule has 0 spiro atoms. The minimum absolute atomic E-state index is 0.143. The third-order valence-electron chi connectivity index (χ3n) is 4.63. The Morgan fingerprint density at radius 2 is 1.61 bits per heavy atom. The Kier molecular flexibility index (Phi) is 4.88. The van der Waals surface area contributed by atoms with Gasteiger partial charge in [0.2, 0.25) is 0 Å². The number of fused-ring (bicyclic) bond motifs is 1. The number of aryl methyl sites for hydroxylation is 1. The first kappa shape index (κ1) is 18.3. The highest BCUT2D eigenvalue weighted by atomic mass is 32.2. The van der Waals surface area contributed by atoms with E-state index in [9.17, 15) is 8.42 Å². The average molecular weight is 392 g/mol. The zero-order chi connectivity index (χ0) is 19.6. The lowest BCUT2D eigenvalue weighted by Crippen LogP contribution is -2.30. The molecule has 4 rings (SSSR count). The number of oxime groups is 1. The summed E-state index contributed by atoms with van der Waals surface area (Å²) in [6.07, 6.45) is 0. The standard InChI is InChI=1S/C22H20N2O3S/c1-17-11-13-19(14-12-17)28(25,26)24-15-21(20-9-5-6-10-22(20)24)23-27-16-18-7-3-2-4-8-18/h2-14H,15-16H2,1H3/b23-21+. The van der Waals surface area contributed by atoms with E-state index < -0.39 is 10.0 Å². The number of benzene rings is 3. The van der Waals surface area contributed by atoms with Gasteiger partial charge in [-0.1, -0.05) is 71.4 Å². The van der Waals surface area contributed by atoms with Crippen molar-refractivity contribution in [3.8, 4) is 0 Å². The summed E-state index contributed by atoms with van der Waals surface area (Å²) in [4.78, 5) is 5.77. The molecule has 142 valence electrons. The lowest BCUT2D eigenvalue weighted by atomic mass is 10.1. The minimum Gasteiger partial charge on any atom is -0.391 e. The Balaban J connectivity index is 1.62. The minimum atomic E-state index is -3.68. The summed E-state index contributed by atoms with van der Waals surface area (Å²) in [7, 11) is -3.68. The van der Waals surface area contributed by atoms with Crippen LogP contribution in [0, 0.1) is 6.92 Å². The topological polar surface area (TPSA) is 59.0 Å². The van der Waals surface area contributed by atoms with E-state index >= 15 is 0 Å². The van der Waals surface area contributed by atoms with Crippen LogP contribution < -0.4 is 4.31 Å². The number of hydrogen-bond donors (Lipinski definition) is 0. The molecule has 1 heterocycles. The molecular formula is C22H20N2O3S. The van der Waals surface area contributed by atoms with E-state index in [2.05, 4.69) is 5.16 Å². The van der Waals surface area contributed by atoms with Crippen molar-refractivity contribution in [3.63, 3.8) is 0 Å². The Hall–Kier alpha value is -3.12. The van der Waals surface area contributed by atoms with Crippen molar-refractivity contribution in [1.82, 2.24) is 0 Å². The molecule has 0 radical (unpaired) electrons. The predicted octanol–water partition coefficient (Wildman–Crippen LogP) is 4.12. The van der Waals surface area contributed by atoms with E-state index in [1.54, 1.807) is 30.3 Å². The van der Waals surface area contributed by atoms with Crippen LogP contribution in [-0.2, 0) is 21.5 Å². The van der Waals surface area contributed by atoms with Crippen LogP contribution in [-0.4, -0.2) is 20.7 Å². The molecule has 0 saturated heterocycles. The quantitative estimate of drug-likeness (QED) is 0.614. The molecular weight excluding hydrogens is 372 g/mol. The van der Waals surface area contributed by atoms with Gasteiger partial charge in [-0.15, -0.1) is 0 Å². The largest absolute Gasteiger partial charge is 0.391 e. The van der Waals surface area contributed by atoms with Crippen molar-refractivity contribution in [2.45, 2.75) is 18.4 Å². The fraction of sp³-hybridized carbons (Fsp3) is 0.136. The van der Waals surface area contributed by atoms with E-state index in [-0.39, 0.29) is 11.4 Å². The van der Waals surface area contributed by atoms with Crippen LogP contribution in [0.1, 0.15) is 16.7 Å². The fourth-order valence-electron chi connectivity index (χ4n) is 3.13. The van der Waals surface area contributed by atoms with E-state index in [1.807, 2.05) is 55.5 Å². The van der Waals surface area contributed by atoms with Gasteiger partial charge in [-0.3, -0.25) is 4.31 Å². The zero-order valence-corrected chi connectivity index (χ0v) is 16.3.